The van der Waals surface area contributed by atoms with Crippen molar-refractivity contribution in [1.29, 1.82) is 5.41 Å². The van der Waals surface area contributed by atoms with Gasteiger partial charge in [0.25, 0.3) is 0 Å². The molecule has 121 heavy (non-hydrogen) atoms. The van der Waals surface area contributed by atoms with Crippen LogP contribution in [0, 0.1) is 29.1 Å². The third-order valence-corrected chi connectivity index (χ3v) is 19.3. The minimum Gasteiger partial charge on any atom is -0.508 e. The number of carbonyl (C=O) groups is 18. The van der Waals surface area contributed by atoms with E-state index in [0.29, 0.717) is 16.9 Å². The summed E-state index contributed by atoms with van der Waals surface area (Å²) in [6, 6.07) is -11.2. The van der Waals surface area contributed by atoms with E-state index in [1.54, 1.807) is 78.1 Å². The SMILES string of the molecule is CC[C@H](C)[C@H](NC(=O)[C@H](Cc1ccccc1)NC(=O)[C@H](CC(=O)O)NC(=O)[C@H](C)NC(=O)[C@H](Cc1ccc(O)cc1)NC(=O)[C@H](CC(C)C)NC(=O)[C@H](CC(N)=O)NC(=O)[C@H](CC(C)C)NC(=O)[C@@H](NC(=O)[C@H](CC(=O)O)NC(=O)[C@H](CCCNC(=N)N)NC(=O)[C@@H](N)[C@@H](C)O)C(C)C)C(=O)N[C@@H](C)C(=O)N[C@@H](CO)C(=O)N[C@@H](CCSC)C(=O)O. The number of hydrogen-bond acceptors (Lipinski definition) is 24. The zero-order valence-electron chi connectivity index (χ0n) is 69.8. The van der Waals surface area contributed by atoms with Crippen LogP contribution in [0.2, 0.25) is 0 Å². The Labute approximate surface area is 704 Å². The maximum Gasteiger partial charge on any atom is 0.326 e. The first kappa shape index (κ1) is 105. The van der Waals surface area contributed by atoms with Gasteiger partial charge in [-0.1, -0.05) is 104 Å². The number of aliphatic carboxylic acids is 3. The molecule has 0 aliphatic heterocycles. The fourth-order valence-corrected chi connectivity index (χ4v) is 12.1. The maximum atomic E-state index is 14.7. The number of carbonyl (C=O) groups excluding carboxylic acids is 15. The van der Waals surface area contributed by atoms with Crippen LogP contribution in [0.25, 0.3) is 0 Å². The first-order chi connectivity index (χ1) is 56.6. The Morgan fingerprint density at radius 2 is 0.802 bits per heavy atom. The Bertz CT molecular complexity index is 3900. The highest BCUT2D eigenvalue weighted by Gasteiger charge is 2.40. The van der Waals surface area contributed by atoms with E-state index in [1.165, 1.54) is 63.7 Å². The fourth-order valence-electron chi connectivity index (χ4n) is 11.7. The topological polar surface area (TPSA) is 711 Å². The van der Waals surface area contributed by atoms with Gasteiger partial charge in [-0.3, -0.25) is 86.9 Å². The lowest BCUT2D eigenvalue weighted by Crippen LogP contribution is -2.62. The van der Waals surface area contributed by atoms with Crippen LogP contribution in [0.15, 0.2) is 54.6 Å². The number of guanidine groups is 1. The van der Waals surface area contributed by atoms with Crippen molar-refractivity contribution in [3.05, 3.63) is 65.7 Å². The summed E-state index contributed by atoms with van der Waals surface area (Å²) >= 11 is 1.32. The minimum absolute atomic E-state index is 0.0232. The Morgan fingerprint density at radius 3 is 1.24 bits per heavy atom. The van der Waals surface area contributed by atoms with Crippen molar-refractivity contribution in [1.82, 2.24) is 79.8 Å². The van der Waals surface area contributed by atoms with Crippen molar-refractivity contribution in [2.75, 3.05) is 25.2 Å². The lowest BCUT2D eigenvalue weighted by Gasteiger charge is -2.29. The number of phenols is 1. The number of thioether (sulfide) groups is 1. The second-order valence-corrected chi connectivity index (χ2v) is 31.4. The molecule has 0 fully saturated rings. The van der Waals surface area contributed by atoms with Crippen LogP contribution < -0.4 is 97.0 Å². The van der Waals surface area contributed by atoms with Crippen LogP contribution in [-0.4, -0.2) is 265 Å². The molecule has 15 amide bonds. The molecule has 44 heteroatoms. The van der Waals surface area contributed by atoms with Crippen LogP contribution >= 0.6 is 11.8 Å². The van der Waals surface area contributed by atoms with E-state index in [1.807, 2.05) is 0 Å². The van der Waals surface area contributed by atoms with Crippen LogP contribution in [0.1, 0.15) is 145 Å². The van der Waals surface area contributed by atoms with Gasteiger partial charge in [0.2, 0.25) is 88.6 Å². The zero-order valence-corrected chi connectivity index (χ0v) is 70.6. The predicted molar refractivity (Wildman–Crippen MR) is 438 cm³/mol. The number of benzene rings is 2. The van der Waals surface area contributed by atoms with Crippen LogP contribution in [0.5, 0.6) is 5.75 Å². The largest absolute Gasteiger partial charge is 0.508 e. The number of phenolic OH excluding ortho intramolecular Hbond substituents is 1. The van der Waals surface area contributed by atoms with Gasteiger partial charge in [0.1, 0.15) is 96.4 Å². The number of primary amides is 1. The standard InChI is InChI=1S/C77H121N19O24S/c1-13-39(8)61(75(118)84-41(10)63(106)94-55(35-97)72(115)86-47(76(119)120)25-27-121-12)96-70(113)51(30-43-18-15-14-16-19-43)90-69(112)53(33-57(101)102)87-62(105)40(9)83-65(108)50(31-44-21-23-45(99)24-22-44)89-66(109)48(28-36(2)3)88-68(111)52(32-56(78)100)91-67(110)49(29-37(4)5)93-74(117)60(38(6)7)95-71(114)54(34-58(103)104)92-64(107)46(20-17-26-82-77(80)81)85-73(116)59(79)42(11)98/h14-16,18-19,21-24,36-42,46-55,59-61,97-99H,13,17,20,25-35,79H2,1-12H3,(H2,78,100)(H,83,108)(H,84,118)(H,85,116)(H,86,115)(H,87,105)(H,88,111)(H,89,109)(H,90,112)(H,91,110)(H,92,107)(H,93,117)(H,94,106)(H,95,114)(H,96,113)(H,101,102)(H,103,104)(H,119,120)(H4,80,81,82)/t39-,40-,41-,42+,46-,47-,48-,49-,50-,51-,52-,53-,54-,55-,59-,60-,61-/m0/s1. The Hall–Kier alpha value is -11.8. The number of amides is 15. The molecule has 0 unspecified atom stereocenters. The molecule has 0 saturated carbocycles. The molecule has 0 radical (unpaired) electrons. The summed E-state index contributed by atoms with van der Waals surface area (Å²) < 4.78 is 0. The second kappa shape index (κ2) is 53.0. The molecular formula is C77H121N19O24S. The van der Waals surface area contributed by atoms with Gasteiger partial charge in [0.15, 0.2) is 5.96 Å². The molecule has 0 aliphatic carbocycles. The van der Waals surface area contributed by atoms with Gasteiger partial charge in [-0.15, -0.1) is 0 Å². The van der Waals surface area contributed by atoms with Crippen molar-refractivity contribution in [2.24, 2.45) is 40.9 Å². The number of carboxylic acid groups (broad SMARTS) is 3. The molecular weight excluding hydrogens is 1610 g/mol. The van der Waals surface area contributed by atoms with E-state index in [2.05, 4.69) is 79.8 Å². The van der Waals surface area contributed by atoms with Crippen LogP contribution in [0.4, 0.5) is 0 Å². The predicted octanol–water partition coefficient (Wildman–Crippen LogP) is -5.58. The zero-order chi connectivity index (χ0) is 91.8. The first-order valence-corrected chi connectivity index (χ1v) is 40.7. The third kappa shape index (κ3) is 38.9. The molecule has 43 nitrogen and oxygen atoms in total. The number of aliphatic hydroxyl groups excluding tert-OH is 2. The number of aliphatic hydroxyl groups is 2. The van der Waals surface area contributed by atoms with Crippen molar-refractivity contribution < 1.29 is 117 Å². The van der Waals surface area contributed by atoms with Crippen molar-refractivity contribution in [2.45, 2.75) is 244 Å². The second-order valence-electron chi connectivity index (χ2n) is 30.4. The van der Waals surface area contributed by atoms with Gasteiger partial charge in [-0.25, -0.2) is 4.79 Å². The number of hydrogen-bond donors (Lipinski definition) is 25. The third-order valence-electron chi connectivity index (χ3n) is 18.7. The number of nitrogens with two attached hydrogens (primary N) is 3. The average molecular weight is 1730 g/mol. The lowest BCUT2D eigenvalue weighted by molar-refractivity contribution is -0.142. The molecule has 0 heterocycles. The molecule has 28 N–H and O–H groups in total. The fraction of sp³-hybridized carbons (Fsp3) is 0.597. The average Bonchev–Trinajstić information content (AvgIpc) is 0.846. The number of rotatable bonds is 55. The summed E-state index contributed by atoms with van der Waals surface area (Å²) in [5.74, 6) is -23.6. The molecule has 2 aromatic carbocycles. The van der Waals surface area contributed by atoms with E-state index in [4.69, 9.17) is 22.6 Å². The quantitative estimate of drug-likeness (QED) is 0.0167. The Morgan fingerprint density at radius 1 is 0.430 bits per heavy atom. The molecule has 0 saturated heterocycles. The summed E-state index contributed by atoms with van der Waals surface area (Å²) in [5, 5.41) is 103. The monoisotopic (exact) mass is 1730 g/mol. The van der Waals surface area contributed by atoms with E-state index < -0.39 is 265 Å². The molecule has 2 aromatic rings. The van der Waals surface area contributed by atoms with Crippen molar-refractivity contribution >= 4 is 124 Å². The molecule has 0 bridgehead atoms. The Balaban J connectivity index is 2.52. The highest BCUT2D eigenvalue weighted by atomic mass is 32.2. The summed E-state index contributed by atoms with van der Waals surface area (Å²) in [7, 11) is 0. The van der Waals surface area contributed by atoms with E-state index in [-0.39, 0.29) is 57.2 Å². The summed E-state index contributed by atoms with van der Waals surface area (Å²) in [6.45, 7) is 15.4. The normalized spacial score (nSPS) is 15.4. The van der Waals surface area contributed by atoms with Gasteiger partial charge < -0.3 is 128 Å². The van der Waals surface area contributed by atoms with Crippen molar-refractivity contribution in [3.8, 4) is 5.75 Å². The molecule has 674 valence electrons. The highest BCUT2D eigenvalue weighted by Crippen LogP contribution is 2.17. The van der Waals surface area contributed by atoms with Gasteiger partial charge >= 0.3 is 17.9 Å². The minimum atomic E-state index is -2.00. The van der Waals surface area contributed by atoms with E-state index in [9.17, 15) is 117 Å². The number of aromatic hydroxyl groups is 1. The summed E-state index contributed by atoms with van der Waals surface area (Å²) in [5.41, 5.74) is 17.5. The maximum absolute atomic E-state index is 14.7. The highest BCUT2D eigenvalue weighted by molar-refractivity contribution is 7.98. The number of carboxylic acids is 3. The van der Waals surface area contributed by atoms with Crippen LogP contribution in [0.3, 0.4) is 0 Å². The van der Waals surface area contributed by atoms with Gasteiger partial charge in [-0.05, 0) is 112 Å². The van der Waals surface area contributed by atoms with Crippen LogP contribution in [-0.2, 0) is 99.1 Å². The molecule has 0 spiro atoms. The summed E-state index contributed by atoms with van der Waals surface area (Å²) in [4.78, 5) is 246. The first-order valence-electron chi connectivity index (χ1n) is 39.3. The van der Waals surface area contributed by atoms with Gasteiger partial charge in [0.05, 0.1) is 32.0 Å². The molecule has 0 aliphatic rings. The van der Waals surface area contributed by atoms with E-state index >= 15 is 0 Å². The molecule has 2 rings (SSSR count). The van der Waals surface area contributed by atoms with Gasteiger partial charge in [0, 0.05) is 19.4 Å². The summed E-state index contributed by atoms with van der Waals surface area (Å²) in [6.07, 6.45) is -3.69. The molecule has 0 aromatic heterocycles. The lowest BCUT2D eigenvalue weighted by atomic mass is 9.96. The Kier molecular flexibility index (Phi) is 46.1. The van der Waals surface area contributed by atoms with Crippen molar-refractivity contribution in [3.63, 3.8) is 0 Å². The molecule has 17 atom stereocenters. The number of nitrogens with one attached hydrogen (secondary N) is 16. The van der Waals surface area contributed by atoms with E-state index in [0.717, 1.165) is 6.92 Å². The smallest absolute Gasteiger partial charge is 0.326 e. The van der Waals surface area contributed by atoms with Gasteiger partial charge in [-0.2, -0.15) is 11.8 Å².